The summed E-state index contributed by atoms with van der Waals surface area (Å²) in [4.78, 5) is 16.3. The Morgan fingerprint density at radius 3 is 2.73 bits per heavy atom. The number of hydrogen-bond donors (Lipinski definition) is 1. The van der Waals surface area contributed by atoms with Gasteiger partial charge < -0.3 is 14.6 Å². The highest BCUT2D eigenvalue weighted by atomic mass is 35.5. The number of ether oxygens (including phenoxy) is 1. The van der Waals surface area contributed by atoms with Crippen molar-refractivity contribution >= 4 is 35.1 Å². The lowest BCUT2D eigenvalue weighted by atomic mass is 10.1. The van der Waals surface area contributed by atoms with Crippen LogP contribution in [0.1, 0.15) is 36.9 Å². The first kappa shape index (κ1) is 22.1. The molecule has 30 heavy (non-hydrogen) atoms. The number of carbonyl (C=O) groups excluding carboxylic acids is 1. The average molecular weight is 446 g/mol. The summed E-state index contributed by atoms with van der Waals surface area (Å²) in [6, 6.07) is 9.41. The van der Waals surface area contributed by atoms with Crippen molar-refractivity contribution in [2.75, 3.05) is 11.1 Å². The molecule has 0 aliphatic rings. The molecule has 1 unspecified atom stereocenters. The number of aryl methyl sites for hydroxylation is 2. The van der Waals surface area contributed by atoms with Crippen molar-refractivity contribution in [2.45, 2.75) is 45.5 Å². The van der Waals surface area contributed by atoms with Crippen molar-refractivity contribution in [1.29, 1.82) is 0 Å². The maximum Gasteiger partial charge on any atom is 0.236 e. The lowest BCUT2D eigenvalue weighted by Gasteiger charge is -2.17. The third kappa shape index (κ3) is 5.52. The van der Waals surface area contributed by atoms with Crippen LogP contribution in [0.15, 0.2) is 41.7 Å². The van der Waals surface area contributed by atoms with Crippen LogP contribution < -0.4 is 10.1 Å². The molecule has 2 heterocycles. The molecule has 0 spiro atoms. The first-order chi connectivity index (χ1) is 14.4. The number of anilines is 1. The van der Waals surface area contributed by atoms with Gasteiger partial charge in [-0.25, -0.2) is 4.98 Å². The van der Waals surface area contributed by atoms with Gasteiger partial charge in [-0.05, 0) is 51.5 Å². The van der Waals surface area contributed by atoms with Gasteiger partial charge in [0.05, 0.1) is 10.8 Å². The SMILES string of the molecule is CCn1c(SCC(=O)Nc2ccc(Cl)cn2)nnc1C(C)Oc1ccc(C)cc1C. The third-order valence-corrected chi connectivity index (χ3v) is 5.58. The second kappa shape index (κ2) is 9.95. The zero-order chi connectivity index (χ0) is 21.7. The predicted octanol–water partition coefficient (Wildman–Crippen LogP) is 4.83. The maximum atomic E-state index is 12.2. The molecule has 9 heteroatoms. The minimum absolute atomic E-state index is 0.179. The van der Waals surface area contributed by atoms with Gasteiger partial charge in [-0.1, -0.05) is 41.1 Å². The fourth-order valence-electron chi connectivity index (χ4n) is 2.94. The lowest BCUT2D eigenvalue weighted by Crippen LogP contribution is -2.16. The number of nitrogens with one attached hydrogen (secondary N) is 1. The van der Waals surface area contributed by atoms with Crippen molar-refractivity contribution in [3.05, 3.63) is 58.5 Å². The number of nitrogens with zero attached hydrogens (tertiary/aromatic N) is 4. The second-order valence-electron chi connectivity index (χ2n) is 6.81. The summed E-state index contributed by atoms with van der Waals surface area (Å²) in [5.74, 6) is 2.01. The number of rotatable bonds is 8. The molecule has 1 amide bonds. The van der Waals surface area contributed by atoms with E-state index in [0.29, 0.717) is 22.5 Å². The number of halogens is 1. The average Bonchev–Trinajstić information content (AvgIpc) is 3.13. The van der Waals surface area contributed by atoms with E-state index in [2.05, 4.69) is 33.5 Å². The van der Waals surface area contributed by atoms with Crippen LogP contribution in [0.3, 0.4) is 0 Å². The lowest BCUT2D eigenvalue weighted by molar-refractivity contribution is -0.113. The molecule has 1 N–H and O–H groups in total. The fourth-order valence-corrected chi connectivity index (χ4v) is 3.86. The molecule has 0 aliphatic heterocycles. The highest BCUT2D eigenvalue weighted by Gasteiger charge is 2.20. The molecule has 7 nitrogen and oxygen atoms in total. The Morgan fingerprint density at radius 2 is 2.07 bits per heavy atom. The highest BCUT2D eigenvalue weighted by molar-refractivity contribution is 7.99. The Kier molecular flexibility index (Phi) is 7.33. The minimum atomic E-state index is -0.278. The standard InChI is InChI=1S/C21H24ClN5O2S/c1-5-27-20(15(4)29-17-8-6-13(2)10-14(17)3)25-26-21(27)30-12-19(28)24-18-9-7-16(22)11-23-18/h6-11,15H,5,12H2,1-4H3,(H,23,24,28). The molecule has 1 atom stereocenters. The van der Waals surface area contributed by atoms with Gasteiger partial charge in [-0.15, -0.1) is 10.2 Å². The van der Waals surface area contributed by atoms with Crippen LogP contribution in [0.5, 0.6) is 5.75 Å². The molecule has 2 aromatic heterocycles. The molecular formula is C21H24ClN5O2S. The van der Waals surface area contributed by atoms with Crippen LogP contribution in [0.25, 0.3) is 0 Å². The van der Waals surface area contributed by atoms with E-state index in [9.17, 15) is 4.79 Å². The molecule has 0 saturated carbocycles. The van der Waals surface area contributed by atoms with Crippen molar-refractivity contribution in [3.63, 3.8) is 0 Å². The molecule has 0 fully saturated rings. The van der Waals surface area contributed by atoms with Crippen LogP contribution in [-0.2, 0) is 11.3 Å². The number of benzene rings is 1. The van der Waals surface area contributed by atoms with Gasteiger partial charge in [0.15, 0.2) is 17.1 Å². The quantitative estimate of drug-likeness (QED) is 0.500. The normalized spacial score (nSPS) is 11.9. The molecule has 1 aromatic carbocycles. The summed E-state index contributed by atoms with van der Waals surface area (Å²) in [6.45, 7) is 8.71. The van der Waals surface area contributed by atoms with Crippen LogP contribution in [-0.4, -0.2) is 31.4 Å². The molecule has 3 aromatic rings. The molecule has 0 saturated heterocycles. The molecule has 0 aliphatic carbocycles. The van der Waals surface area contributed by atoms with Crippen LogP contribution >= 0.6 is 23.4 Å². The van der Waals surface area contributed by atoms with E-state index in [0.717, 1.165) is 17.1 Å². The van der Waals surface area contributed by atoms with E-state index in [1.807, 2.05) is 37.5 Å². The smallest absolute Gasteiger partial charge is 0.236 e. The van der Waals surface area contributed by atoms with Crippen LogP contribution in [0.4, 0.5) is 5.82 Å². The van der Waals surface area contributed by atoms with Crippen LogP contribution in [0, 0.1) is 13.8 Å². The van der Waals surface area contributed by atoms with E-state index in [1.54, 1.807) is 12.1 Å². The molecule has 0 bridgehead atoms. The Hall–Kier alpha value is -2.58. The van der Waals surface area contributed by atoms with Crippen molar-refractivity contribution in [1.82, 2.24) is 19.7 Å². The maximum absolute atomic E-state index is 12.2. The minimum Gasteiger partial charge on any atom is -0.482 e. The summed E-state index contributed by atoms with van der Waals surface area (Å²) in [5, 5.41) is 12.5. The van der Waals surface area contributed by atoms with Crippen molar-refractivity contribution in [2.24, 2.45) is 0 Å². The Bertz CT molecular complexity index is 1020. The van der Waals surface area contributed by atoms with E-state index in [4.69, 9.17) is 16.3 Å². The van der Waals surface area contributed by atoms with E-state index < -0.39 is 0 Å². The van der Waals surface area contributed by atoms with Crippen molar-refractivity contribution < 1.29 is 9.53 Å². The van der Waals surface area contributed by atoms with E-state index in [1.165, 1.54) is 23.5 Å². The summed E-state index contributed by atoms with van der Waals surface area (Å²) in [5.41, 5.74) is 2.27. The summed E-state index contributed by atoms with van der Waals surface area (Å²) in [6.07, 6.45) is 1.21. The number of hydrogen-bond acceptors (Lipinski definition) is 6. The zero-order valence-corrected chi connectivity index (χ0v) is 18.9. The van der Waals surface area contributed by atoms with Crippen LogP contribution in [0.2, 0.25) is 5.02 Å². The first-order valence-corrected chi connectivity index (χ1v) is 10.9. The molecule has 3 rings (SSSR count). The number of carbonyl (C=O) groups is 1. The highest BCUT2D eigenvalue weighted by Crippen LogP contribution is 2.27. The predicted molar refractivity (Wildman–Crippen MR) is 119 cm³/mol. The monoisotopic (exact) mass is 445 g/mol. The van der Waals surface area contributed by atoms with Gasteiger partial charge in [-0.2, -0.15) is 0 Å². The molecule has 158 valence electrons. The fraction of sp³-hybridized carbons (Fsp3) is 0.333. The van der Waals surface area contributed by atoms with Gasteiger partial charge in [0.25, 0.3) is 0 Å². The van der Waals surface area contributed by atoms with Gasteiger partial charge >= 0.3 is 0 Å². The van der Waals surface area contributed by atoms with E-state index >= 15 is 0 Å². The Balaban J connectivity index is 1.64. The summed E-state index contributed by atoms with van der Waals surface area (Å²) in [7, 11) is 0. The van der Waals surface area contributed by atoms with Gasteiger partial charge in [-0.3, -0.25) is 4.79 Å². The molecular weight excluding hydrogens is 422 g/mol. The Labute approximate surface area is 185 Å². The number of aromatic nitrogens is 4. The van der Waals surface area contributed by atoms with Gasteiger partial charge in [0.2, 0.25) is 5.91 Å². The zero-order valence-electron chi connectivity index (χ0n) is 17.3. The number of pyridine rings is 1. The second-order valence-corrected chi connectivity index (χ2v) is 8.19. The molecule has 0 radical (unpaired) electrons. The number of amides is 1. The van der Waals surface area contributed by atoms with Gasteiger partial charge in [0.1, 0.15) is 11.6 Å². The first-order valence-electron chi connectivity index (χ1n) is 9.58. The topological polar surface area (TPSA) is 81.9 Å². The third-order valence-electron chi connectivity index (χ3n) is 4.39. The summed E-state index contributed by atoms with van der Waals surface area (Å²) < 4.78 is 8.09. The van der Waals surface area contributed by atoms with Gasteiger partial charge in [0, 0.05) is 12.7 Å². The summed E-state index contributed by atoms with van der Waals surface area (Å²) >= 11 is 7.13. The van der Waals surface area contributed by atoms with E-state index in [-0.39, 0.29) is 17.8 Å². The largest absolute Gasteiger partial charge is 0.482 e. The van der Waals surface area contributed by atoms with Crippen molar-refractivity contribution in [3.8, 4) is 5.75 Å². The number of thioether (sulfide) groups is 1. The Morgan fingerprint density at radius 1 is 1.27 bits per heavy atom.